The molecule has 5 heteroatoms. The Bertz CT molecular complexity index is 654. The minimum atomic E-state index is -0.221. The lowest BCUT2D eigenvalue weighted by Crippen LogP contribution is -2.49. The van der Waals surface area contributed by atoms with Crippen molar-refractivity contribution in [2.75, 3.05) is 13.1 Å². The molecular weight excluding hydrogens is 276 g/mol. The van der Waals surface area contributed by atoms with Crippen molar-refractivity contribution in [3.05, 3.63) is 29.6 Å². The predicted octanol–water partition coefficient (Wildman–Crippen LogP) is 3.24. The van der Waals surface area contributed by atoms with E-state index in [-0.39, 0.29) is 11.6 Å². The first kappa shape index (κ1) is 16.3. The highest BCUT2D eigenvalue weighted by Gasteiger charge is 2.18. The lowest BCUT2D eigenvalue weighted by atomic mass is 10.1. The first-order valence-electron chi connectivity index (χ1n) is 7.81. The molecule has 0 fully saturated rings. The summed E-state index contributed by atoms with van der Waals surface area (Å²) in [6.07, 6.45) is 0.722. The van der Waals surface area contributed by atoms with E-state index in [0.29, 0.717) is 13.1 Å². The first-order chi connectivity index (χ1) is 10.3. The number of fused-ring (bicyclic) bond motifs is 1. The standard InChI is InChI=1S/C17H26N4O/c1-6-21(16(22)20-17(3,4)5)11-10-14-18-13-9-7-8-12(2)15(13)19-14/h7-9H,6,10-11H2,1-5H3,(H,18,19)(H,20,22). The maximum Gasteiger partial charge on any atom is 0.317 e. The van der Waals surface area contributed by atoms with Gasteiger partial charge in [0.2, 0.25) is 0 Å². The van der Waals surface area contributed by atoms with Gasteiger partial charge in [0.25, 0.3) is 0 Å². The summed E-state index contributed by atoms with van der Waals surface area (Å²) in [6.45, 7) is 11.3. The van der Waals surface area contributed by atoms with Gasteiger partial charge in [-0.3, -0.25) is 0 Å². The molecule has 0 unspecified atom stereocenters. The normalized spacial score (nSPS) is 11.7. The summed E-state index contributed by atoms with van der Waals surface area (Å²) >= 11 is 0. The van der Waals surface area contributed by atoms with E-state index >= 15 is 0 Å². The Kier molecular flexibility index (Phi) is 4.74. The van der Waals surface area contributed by atoms with Crippen LogP contribution in [-0.2, 0) is 6.42 Å². The van der Waals surface area contributed by atoms with E-state index in [1.165, 1.54) is 0 Å². The van der Waals surface area contributed by atoms with Crippen LogP contribution < -0.4 is 5.32 Å². The Hall–Kier alpha value is -2.04. The Morgan fingerprint density at radius 2 is 2.09 bits per heavy atom. The fourth-order valence-corrected chi connectivity index (χ4v) is 2.39. The minimum Gasteiger partial charge on any atom is -0.342 e. The Morgan fingerprint density at radius 1 is 1.36 bits per heavy atom. The maximum absolute atomic E-state index is 12.2. The van der Waals surface area contributed by atoms with Crippen LogP contribution in [-0.4, -0.2) is 39.5 Å². The number of benzene rings is 1. The number of para-hydroxylation sites is 1. The topological polar surface area (TPSA) is 61.0 Å². The van der Waals surface area contributed by atoms with Crippen LogP contribution in [0.4, 0.5) is 4.79 Å². The zero-order chi connectivity index (χ0) is 16.3. The number of H-pyrrole nitrogens is 1. The van der Waals surface area contributed by atoms with Crippen LogP contribution in [0, 0.1) is 6.92 Å². The van der Waals surface area contributed by atoms with E-state index in [4.69, 9.17) is 0 Å². The van der Waals surface area contributed by atoms with E-state index in [2.05, 4.69) is 28.3 Å². The molecule has 1 heterocycles. The largest absolute Gasteiger partial charge is 0.342 e. The van der Waals surface area contributed by atoms with Gasteiger partial charge in [-0.1, -0.05) is 12.1 Å². The van der Waals surface area contributed by atoms with E-state index in [0.717, 1.165) is 28.8 Å². The molecule has 0 spiro atoms. The summed E-state index contributed by atoms with van der Waals surface area (Å²) in [7, 11) is 0. The third kappa shape index (κ3) is 4.00. The number of aromatic amines is 1. The fourth-order valence-electron chi connectivity index (χ4n) is 2.39. The second kappa shape index (κ2) is 6.38. The quantitative estimate of drug-likeness (QED) is 0.910. The van der Waals surface area contributed by atoms with Gasteiger partial charge in [-0.2, -0.15) is 0 Å². The van der Waals surface area contributed by atoms with Gasteiger partial charge in [0, 0.05) is 25.0 Å². The summed E-state index contributed by atoms with van der Waals surface area (Å²) in [5.74, 6) is 0.923. The van der Waals surface area contributed by atoms with E-state index in [1.807, 2.05) is 44.7 Å². The lowest BCUT2D eigenvalue weighted by molar-refractivity contribution is 0.191. The highest BCUT2D eigenvalue weighted by molar-refractivity contribution is 5.78. The number of amides is 2. The minimum absolute atomic E-state index is 0.0257. The molecule has 0 aliphatic rings. The zero-order valence-electron chi connectivity index (χ0n) is 14.2. The summed E-state index contributed by atoms with van der Waals surface area (Å²) in [6, 6.07) is 6.09. The highest BCUT2D eigenvalue weighted by Crippen LogP contribution is 2.15. The molecule has 1 aromatic heterocycles. The van der Waals surface area contributed by atoms with Crippen LogP contribution >= 0.6 is 0 Å². The zero-order valence-corrected chi connectivity index (χ0v) is 14.2. The molecule has 0 saturated heterocycles. The number of nitrogens with one attached hydrogen (secondary N) is 2. The van der Waals surface area contributed by atoms with Crippen molar-refractivity contribution in [3.63, 3.8) is 0 Å². The molecule has 2 amide bonds. The molecule has 5 nitrogen and oxygen atoms in total. The molecule has 120 valence electrons. The molecule has 0 aliphatic heterocycles. The van der Waals surface area contributed by atoms with Gasteiger partial charge < -0.3 is 15.2 Å². The first-order valence-corrected chi connectivity index (χ1v) is 7.81. The number of nitrogens with zero attached hydrogens (tertiary/aromatic N) is 2. The third-order valence-corrected chi connectivity index (χ3v) is 3.53. The molecule has 2 aromatic rings. The number of aromatic nitrogens is 2. The van der Waals surface area contributed by atoms with Crippen LogP contribution in [0.1, 0.15) is 39.1 Å². The van der Waals surface area contributed by atoms with Gasteiger partial charge in [-0.15, -0.1) is 0 Å². The molecule has 1 aromatic carbocycles. The van der Waals surface area contributed by atoms with Crippen LogP contribution in [0.2, 0.25) is 0 Å². The van der Waals surface area contributed by atoms with E-state index < -0.39 is 0 Å². The van der Waals surface area contributed by atoms with Crippen molar-refractivity contribution in [3.8, 4) is 0 Å². The van der Waals surface area contributed by atoms with Gasteiger partial charge in [-0.05, 0) is 46.2 Å². The number of rotatable bonds is 4. The molecule has 22 heavy (non-hydrogen) atoms. The van der Waals surface area contributed by atoms with Gasteiger partial charge in [0.1, 0.15) is 5.82 Å². The number of urea groups is 1. The van der Waals surface area contributed by atoms with E-state index in [1.54, 1.807) is 0 Å². The average molecular weight is 302 g/mol. The summed E-state index contributed by atoms with van der Waals surface area (Å²) in [5.41, 5.74) is 3.01. The van der Waals surface area contributed by atoms with Gasteiger partial charge in [0.05, 0.1) is 11.0 Å². The maximum atomic E-state index is 12.2. The third-order valence-electron chi connectivity index (χ3n) is 3.53. The monoisotopic (exact) mass is 302 g/mol. The summed E-state index contributed by atoms with van der Waals surface area (Å²) < 4.78 is 0. The Labute approximate surface area is 132 Å². The number of aryl methyl sites for hydroxylation is 1. The number of imidazole rings is 1. The van der Waals surface area contributed by atoms with Crippen molar-refractivity contribution >= 4 is 17.1 Å². The fraction of sp³-hybridized carbons (Fsp3) is 0.529. The number of carbonyl (C=O) groups is 1. The van der Waals surface area contributed by atoms with Gasteiger partial charge in [-0.25, -0.2) is 9.78 Å². The van der Waals surface area contributed by atoms with Gasteiger partial charge >= 0.3 is 6.03 Å². The van der Waals surface area contributed by atoms with Crippen LogP contribution in [0.5, 0.6) is 0 Å². The van der Waals surface area contributed by atoms with Gasteiger partial charge in [0.15, 0.2) is 0 Å². The van der Waals surface area contributed by atoms with Crippen molar-refractivity contribution in [1.82, 2.24) is 20.2 Å². The summed E-state index contributed by atoms with van der Waals surface area (Å²) in [5, 5.41) is 3.00. The van der Waals surface area contributed by atoms with Crippen molar-refractivity contribution in [1.29, 1.82) is 0 Å². The molecule has 0 radical (unpaired) electrons. The lowest BCUT2D eigenvalue weighted by Gasteiger charge is -2.27. The SMILES string of the molecule is CCN(CCc1nc2c(C)cccc2[nH]1)C(=O)NC(C)(C)C. The Morgan fingerprint density at radius 3 is 2.68 bits per heavy atom. The highest BCUT2D eigenvalue weighted by atomic mass is 16.2. The second-order valence-corrected chi connectivity index (χ2v) is 6.66. The number of carbonyl (C=O) groups excluding carboxylic acids is 1. The van der Waals surface area contributed by atoms with Crippen LogP contribution in [0.3, 0.4) is 0 Å². The molecule has 2 N–H and O–H groups in total. The predicted molar refractivity (Wildman–Crippen MR) is 90.1 cm³/mol. The van der Waals surface area contributed by atoms with Crippen molar-refractivity contribution in [2.24, 2.45) is 0 Å². The van der Waals surface area contributed by atoms with Crippen LogP contribution in [0.25, 0.3) is 11.0 Å². The van der Waals surface area contributed by atoms with Crippen molar-refractivity contribution < 1.29 is 4.79 Å². The smallest absolute Gasteiger partial charge is 0.317 e. The molecule has 2 rings (SSSR count). The summed E-state index contributed by atoms with van der Waals surface area (Å²) in [4.78, 5) is 22.0. The Balaban J connectivity index is 2.03. The molecule has 0 saturated carbocycles. The molecular formula is C17H26N4O. The number of likely N-dealkylation sites (N-methyl/N-ethyl adjacent to an activating group) is 1. The van der Waals surface area contributed by atoms with E-state index in [9.17, 15) is 4.79 Å². The van der Waals surface area contributed by atoms with Crippen molar-refractivity contribution in [2.45, 2.75) is 46.6 Å². The average Bonchev–Trinajstić information content (AvgIpc) is 2.82. The second-order valence-electron chi connectivity index (χ2n) is 6.66. The molecule has 0 bridgehead atoms. The molecule has 0 atom stereocenters. The number of hydrogen-bond acceptors (Lipinski definition) is 2. The molecule has 0 aliphatic carbocycles. The number of hydrogen-bond donors (Lipinski definition) is 2. The van der Waals surface area contributed by atoms with Crippen LogP contribution in [0.15, 0.2) is 18.2 Å².